The van der Waals surface area contributed by atoms with E-state index in [0.29, 0.717) is 31.4 Å². The molecule has 1 aromatic heterocycles. The van der Waals surface area contributed by atoms with E-state index in [0.717, 1.165) is 55.5 Å². The predicted octanol–water partition coefficient (Wildman–Crippen LogP) is 2.35. The number of benzene rings is 1. The van der Waals surface area contributed by atoms with Crippen LogP contribution in [0.5, 0.6) is 11.5 Å². The van der Waals surface area contributed by atoms with Crippen molar-refractivity contribution >= 4 is 5.91 Å². The van der Waals surface area contributed by atoms with Gasteiger partial charge in [-0.25, -0.2) is 9.97 Å². The molecule has 0 N–H and O–H groups in total. The number of ether oxygens (including phenoxy) is 2. The molecular formula is C21H24N4O3. The molecule has 0 radical (unpaired) electrons. The summed E-state index contributed by atoms with van der Waals surface area (Å²) in [7, 11) is 0. The Morgan fingerprint density at radius 3 is 2.68 bits per heavy atom. The van der Waals surface area contributed by atoms with Crippen LogP contribution in [-0.2, 0) is 6.54 Å². The van der Waals surface area contributed by atoms with Crippen molar-refractivity contribution in [3.8, 4) is 11.5 Å². The summed E-state index contributed by atoms with van der Waals surface area (Å²) >= 11 is 0. The lowest BCUT2D eigenvalue weighted by atomic mass is 10.1. The van der Waals surface area contributed by atoms with Crippen LogP contribution in [-0.4, -0.2) is 58.6 Å². The van der Waals surface area contributed by atoms with Crippen LogP contribution in [0.15, 0.2) is 24.4 Å². The highest BCUT2D eigenvalue weighted by Crippen LogP contribution is 2.38. The first-order valence-electron chi connectivity index (χ1n) is 9.91. The first-order chi connectivity index (χ1) is 13.7. The van der Waals surface area contributed by atoms with Gasteiger partial charge in [-0.05, 0) is 37.5 Å². The normalized spacial score (nSPS) is 19.1. The molecule has 28 heavy (non-hydrogen) atoms. The first kappa shape index (κ1) is 17.4. The van der Waals surface area contributed by atoms with Gasteiger partial charge < -0.3 is 14.4 Å². The maximum Gasteiger partial charge on any atom is 0.257 e. The Labute approximate surface area is 164 Å². The molecule has 146 valence electrons. The summed E-state index contributed by atoms with van der Waals surface area (Å²) < 4.78 is 10.8. The molecule has 1 aromatic carbocycles. The van der Waals surface area contributed by atoms with Gasteiger partial charge in [0.1, 0.15) is 5.82 Å². The van der Waals surface area contributed by atoms with Crippen molar-refractivity contribution in [3.05, 3.63) is 47.0 Å². The van der Waals surface area contributed by atoms with E-state index in [1.807, 2.05) is 24.0 Å². The smallest absolute Gasteiger partial charge is 0.257 e. The minimum Gasteiger partial charge on any atom is -0.454 e. The molecule has 2 fully saturated rings. The van der Waals surface area contributed by atoms with Crippen LogP contribution in [0.25, 0.3) is 0 Å². The third-order valence-electron chi connectivity index (χ3n) is 5.67. The molecular weight excluding hydrogens is 356 g/mol. The Morgan fingerprint density at radius 1 is 1.14 bits per heavy atom. The van der Waals surface area contributed by atoms with Crippen LogP contribution in [0.2, 0.25) is 0 Å². The number of hydrogen-bond donors (Lipinski definition) is 0. The van der Waals surface area contributed by atoms with Crippen molar-refractivity contribution in [2.24, 2.45) is 0 Å². The molecule has 5 rings (SSSR count). The lowest BCUT2D eigenvalue weighted by Gasteiger charge is -2.35. The van der Waals surface area contributed by atoms with E-state index in [2.05, 4.69) is 20.9 Å². The molecule has 1 aliphatic carbocycles. The highest BCUT2D eigenvalue weighted by atomic mass is 16.7. The summed E-state index contributed by atoms with van der Waals surface area (Å²) in [6, 6.07) is 6.08. The first-order valence-corrected chi connectivity index (χ1v) is 9.91. The lowest BCUT2D eigenvalue weighted by molar-refractivity contribution is 0.0626. The molecule has 1 saturated heterocycles. The quantitative estimate of drug-likeness (QED) is 0.811. The van der Waals surface area contributed by atoms with Crippen LogP contribution in [0.4, 0.5) is 0 Å². The van der Waals surface area contributed by atoms with Crippen molar-refractivity contribution in [2.45, 2.75) is 32.2 Å². The second-order valence-corrected chi connectivity index (χ2v) is 7.76. The summed E-state index contributed by atoms with van der Waals surface area (Å²) in [6.45, 7) is 6.18. The maximum atomic E-state index is 12.9. The van der Waals surface area contributed by atoms with Crippen LogP contribution in [0, 0.1) is 6.92 Å². The summed E-state index contributed by atoms with van der Waals surface area (Å²) in [5.74, 6) is 3.06. The number of carbonyl (C=O) groups excluding carboxylic acids is 1. The van der Waals surface area contributed by atoms with Gasteiger partial charge in [0, 0.05) is 44.8 Å². The number of amides is 1. The largest absolute Gasteiger partial charge is 0.454 e. The summed E-state index contributed by atoms with van der Waals surface area (Å²) in [5.41, 5.74) is 2.63. The molecule has 2 aromatic rings. The van der Waals surface area contributed by atoms with Gasteiger partial charge in [-0.1, -0.05) is 6.07 Å². The van der Waals surface area contributed by atoms with Gasteiger partial charge in [0.25, 0.3) is 5.91 Å². The van der Waals surface area contributed by atoms with Gasteiger partial charge in [0.2, 0.25) is 6.79 Å². The number of rotatable bonds is 4. The van der Waals surface area contributed by atoms with E-state index in [4.69, 9.17) is 9.47 Å². The van der Waals surface area contributed by atoms with Crippen molar-refractivity contribution in [3.63, 3.8) is 0 Å². The molecule has 0 bridgehead atoms. The molecule has 2 aliphatic heterocycles. The highest BCUT2D eigenvalue weighted by Gasteiger charge is 2.29. The number of nitrogens with zero attached hydrogens (tertiary/aromatic N) is 4. The Kier molecular flexibility index (Phi) is 4.39. The molecule has 7 heteroatoms. The van der Waals surface area contributed by atoms with Crippen LogP contribution in [0.1, 0.15) is 46.2 Å². The molecule has 0 unspecified atom stereocenters. The Morgan fingerprint density at radius 2 is 1.93 bits per heavy atom. The monoisotopic (exact) mass is 380 g/mol. The van der Waals surface area contributed by atoms with E-state index >= 15 is 0 Å². The second-order valence-electron chi connectivity index (χ2n) is 7.76. The maximum absolute atomic E-state index is 12.9. The van der Waals surface area contributed by atoms with E-state index in [1.165, 1.54) is 5.56 Å². The Balaban J connectivity index is 1.19. The topological polar surface area (TPSA) is 67.8 Å². The number of aromatic nitrogens is 2. The minimum atomic E-state index is 0.0441. The fourth-order valence-electron chi connectivity index (χ4n) is 3.81. The zero-order valence-corrected chi connectivity index (χ0v) is 16.1. The SMILES string of the molecule is Cc1nc(C2CC2)ncc1C(=O)N1CCN(Cc2ccc3c(c2)OCO3)CC1. The Bertz CT molecular complexity index is 905. The van der Waals surface area contributed by atoms with Crippen LogP contribution in [0.3, 0.4) is 0 Å². The number of hydrogen-bond acceptors (Lipinski definition) is 6. The highest BCUT2D eigenvalue weighted by molar-refractivity contribution is 5.95. The van der Waals surface area contributed by atoms with Gasteiger partial charge in [-0.3, -0.25) is 9.69 Å². The van der Waals surface area contributed by atoms with Crippen molar-refractivity contribution in [1.82, 2.24) is 19.8 Å². The van der Waals surface area contributed by atoms with E-state index in [1.54, 1.807) is 6.20 Å². The fraction of sp³-hybridized carbons (Fsp3) is 0.476. The Hall–Kier alpha value is -2.67. The van der Waals surface area contributed by atoms with Gasteiger partial charge >= 0.3 is 0 Å². The second kappa shape index (κ2) is 7.05. The zero-order valence-electron chi connectivity index (χ0n) is 16.1. The van der Waals surface area contributed by atoms with Gasteiger partial charge in [-0.2, -0.15) is 0 Å². The molecule has 3 heterocycles. The zero-order chi connectivity index (χ0) is 19.1. The molecule has 0 atom stereocenters. The van der Waals surface area contributed by atoms with Gasteiger partial charge in [0.15, 0.2) is 11.5 Å². The fourth-order valence-corrected chi connectivity index (χ4v) is 3.81. The van der Waals surface area contributed by atoms with Crippen LogP contribution >= 0.6 is 0 Å². The number of carbonyl (C=O) groups is 1. The van der Waals surface area contributed by atoms with E-state index < -0.39 is 0 Å². The summed E-state index contributed by atoms with van der Waals surface area (Å²) in [5, 5.41) is 0. The standard InChI is InChI=1S/C21H24N4O3/c1-14-17(11-22-20(23-14)16-3-4-16)21(26)25-8-6-24(7-9-25)12-15-2-5-18-19(10-15)28-13-27-18/h2,5,10-11,16H,3-4,6-9,12-13H2,1H3. The summed E-state index contributed by atoms with van der Waals surface area (Å²) in [6.07, 6.45) is 4.05. The molecule has 1 saturated carbocycles. The average molecular weight is 380 g/mol. The molecule has 3 aliphatic rings. The number of aryl methyl sites for hydroxylation is 1. The van der Waals surface area contributed by atoms with Crippen molar-refractivity contribution in [2.75, 3.05) is 33.0 Å². The minimum absolute atomic E-state index is 0.0441. The summed E-state index contributed by atoms with van der Waals surface area (Å²) in [4.78, 5) is 26.2. The third kappa shape index (κ3) is 3.42. The predicted molar refractivity (Wildman–Crippen MR) is 102 cm³/mol. The molecule has 1 amide bonds. The lowest BCUT2D eigenvalue weighted by Crippen LogP contribution is -2.48. The van der Waals surface area contributed by atoms with Crippen molar-refractivity contribution < 1.29 is 14.3 Å². The van der Waals surface area contributed by atoms with E-state index in [9.17, 15) is 4.79 Å². The number of piperazine rings is 1. The van der Waals surface area contributed by atoms with Gasteiger partial charge in [0.05, 0.1) is 11.3 Å². The van der Waals surface area contributed by atoms with E-state index in [-0.39, 0.29) is 5.91 Å². The third-order valence-corrected chi connectivity index (χ3v) is 5.67. The van der Waals surface area contributed by atoms with Gasteiger partial charge in [-0.15, -0.1) is 0 Å². The van der Waals surface area contributed by atoms with Crippen LogP contribution < -0.4 is 9.47 Å². The van der Waals surface area contributed by atoms with Crippen molar-refractivity contribution in [1.29, 1.82) is 0 Å². The average Bonchev–Trinajstić information content (AvgIpc) is 3.46. The number of fused-ring (bicyclic) bond motifs is 1. The molecule has 0 spiro atoms. The molecule has 7 nitrogen and oxygen atoms in total.